The fraction of sp³-hybridized carbons (Fsp3) is 0.176. The summed E-state index contributed by atoms with van der Waals surface area (Å²) >= 11 is 1.67. The van der Waals surface area contributed by atoms with Crippen LogP contribution in [0.5, 0.6) is 0 Å². The van der Waals surface area contributed by atoms with Crippen molar-refractivity contribution >= 4 is 28.2 Å². The van der Waals surface area contributed by atoms with Crippen LogP contribution in [-0.2, 0) is 6.42 Å². The fourth-order valence-electron chi connectivity index (χ4n) is 2.40. The highest BCUT2D eigenvalue weighted by Gasteiger charge is 2.14. The maximum Gasteiger partial charge on any atom is 0.336 e. The van der Waals surface area contributed by atoms with Crippen LogP contribution in [0.25, 0.3) is 21.5 Å². The summed E-state index contributed by atoms with van der Waals surface area (Å²) in [6.45, 7) is 4.06. The van der Waals surface area contributed by atoms with Crippen LogP contribution in [0.4, 0.5) is 0 Å². The lowest BCUT2D eigenvalue weighted by Crippen LogP contribution is -2.00. The summed E-state index contributed by atoms with van der Waals surface area (Å²) in [5.41, 5.74) is 2.80. The van der Waals surface area contributed by atoms with E-state index in [4.69, 9.17) is 0 Å². The number of aryl methyl sites for hydroxylation is 2. The van der Waals surface area contributed by atoms with Gasteiger partial charge in [-0.1, -0.05) is 25.1 Å². The van der Waals surface area contributed by atoms with Gasteiger partial charge in [0.2, 0.25) is 0 Å². The molecule has 3 rings (SSSR count). The van der Waals surface area contributed by atoms with Gasteiger partial charge in [-0.05, 0) is 37.1 Å². The number of rotatable bonds is 3. The normalized spacial score (nSPS) is 11.0. The molecule has 0 aliphatic rings. The maximum atomic E-state index is 11.5. The molecule has 1 aromatic carbocycles. The minimum atomic E-state index is -0.915. The number of fused-ring (bicyclic) bond motifs is 1. The molecule has 0 atom stereocenters. The summed E-state index contributed by atoms with van der Waals surface area (Å²) in [4.78, 5) is 18.5. The van der Waals surface area contributed by atoms with Crippen molar-refractivity contribution in [1.29, 1.82) is 0 Å². The molecule has 4 heteroatoms. The Balaban J connectivity index is 2.29. The molecule has 2 aromatic heterocycles. The number of aromatic nitrogens is 1. The average molecular weight is 297 g/mol. The Morgan fingerprint density at radius 3 is 2.76 bits per heavy atom. The summed E-state index contributed by atoms with van der Waals surface area (Å²) < 4.78 is 0. The highest BCUT2D eigenvalue weighted by Crippen LogP contribution is 2.31. The number of thiophene rings is 1. The van der Waals surface area contributed by atoms with E-state index in [1.54, 1.807) is 17.4 Å². The van der Waals surface area contributed by atoms with Crippen LogP contribution < -0.4 is 0 Å². The molecule has 2 heterocycles. The average Bonchev–Trinajstić information content (AvgIpc) is 2.95. The molecule has 0 aliphatic carbocycles. The van der Waals surface area contributed by atoms with Crippen molar-refractivity contribution in [2.24, 2.45) is 0 Å². The monoisotopic (exact) mass is 297 g/mol. The molecule has 0 unspecified atom stereocenters. The number of hydrogen-bond donors (Lipinski definition) is 1. The third-order valence-corrected chi connectivity index (χ3v) is 4.79. The second-order valence-electron chi connectivity index (χ2n) is 4.95. The molecule has 0 bridgehead atoms. The van der Waals surface area contributed by atoms with Gasteiger partial charge in [-0.15, -0.1) is 11.3 Å². The van der Waals surface area contributed by atoms with Crippen molar-refractivity contribution in [1.82, 2.24) is 4.98 Å². The van der Waals surface area contributed by atoms with E-state index in [1.165, 1.54) is 4.88 Å². The zero-order valence-electron chi connectivity index (χ0n) is 11.9. The van der Waals surface area contributed by atoms with Crippen LogP contribution in [0.3, 0.4) is 0 Å². The van der Waals surface area contributed by atoms with Gasteiger partial charge in [-0.3, -0.25) is 0 Å². The van der Waals surface area contributed by atoms with Gasteiger partial charge >= 0.3 is 5.97 Å². The van der Waals surface area contributed by atoms with Crippen LogP contribution in [0.1, 0.15) is 27.7 Å². The molecule has 0 amide bonds. The first-order valence-electron chi connectivity index (χ1n) is 6.83. The first-order chi connectivity index (χ1) is 10.1. The number of aromatic carboxylic acids is 1. The Labute approximate surface area is 126 Å². The predicted molar refractivity (Wildman–Crippen MR) is 86.1 cm³/mol. The molecule has 0 saturated carbocycles. The van der Waals surface area contributed by atoms with Gasteiger partial charge in [-0.2, -0.15) is 0 Å². The molecule has 3 nitrogen and oxygen atoms in total. The summed E-state index contributed by atoms with van der Waals surface area (Å²) in [6.07, 6.45) is 0.975. The van der Waals surface area contributed by atoms with Crippen molar-refractivity contribution in [3.63, 3.8) is 0 Å². The van der Waals surface area contributed by atoms with Gasteiger partial charge in [0.25, 0.3) is 0 Å². The molecule has 3 aromatic rings. The molecule has 0 aliphatic heterocycles. The van der Waals surface area contributed by atoms with Gasteiger partial charge in [0.15, 0.2) is 0 Å². The fourth-order valence-corrected chi connectivity index (χ4v) is 3.31. The van der Waals surface area contributed by atoms with Gasteiger partial charge in [0.1, 0.15) is 0 Å². The van der Waals surface area contributed by atoms with E-state index in [0.29, 0.717) is 10.9 Å². The first kappa shape index (κ1) is 13.8. The number of carboxylic acids is 1. The zero-order valence-corrected chi connectivity index (χ0v) is 12.7. The lowest BCUT2D eigenvalue weighted by molar-refractivity contribution is 0.0699. The highest BCUT2D eigenvalue weighted by atomic mass is 32.1. The van der Waals surface area contributed by atoms with Crippen LogP contribution >= 0.6 is 11.3 Å². The minimum Gasteiger partial charge on any atom is -0.478 e. The quantitative estimate of drug-likeness (QED) is 0.772. The van der Waals surface area contributed by atoms with Crippen molar-refractivity contribution in [3.8, 4) is 10.6 Å². The smallest absolute Gasteiger partial charge is 0.336 e. The van der Waals surface area contributed by atoms with E-state index in [1.807, 2.05) is 31.2 Å². The van der Waals surface area contributed by atoms with Crippen molar-refractivity contribution in [3.05, 3.63) is 52.4 Å². The van der Waals surface area contributed by atoms with Crippen LogP contribution in [0.2, 0.25) is 0 Å². The maximum absolute atomic E-state index is 11.5. The van der Waals surface area contributed by atoms with E-state index in [9.17, 15) is 9.90 Å². The molecular formula is C17H15NO2S. The molecular weight excluding hydrogens is 282 g/mol. The summed E-state index contributed by atoms with van der Waals surface area (Å²) in [6, 6.07) is 11.4. The van der Waals surface area contributed by atoms with E-state index >= 15 is 0 Å². The third-order valence-electron chi connectivity index (χ3n) is 3.53. The topological polar surface area (TPSA) is 50.2 Å². The van der Waals surface area contributed by atoms with E-state index in [2.05, 4.69) is 18.0 Å². The molecule has 21 heavy (non-hydrogen) atoms. The lowest BCUT2D eigenvalue weighted by atomic mass is 10.0. The van der Waals surface area contributed by atoms with Crippen molar-refractivity contribution in [2.45, 2.75) is 20.3 Å². The van der Waals surface area contributed by atoms with Crippen molar-refractivity contribution < 1.29 is 9.90 Å². The highest BCUT2D eigenvalue weighted by molar-refractivity contribution is 7.15. The zero-order chi connectivity index (χ0) is 15.0. The van der Waals surface area contributed by atoms with Crippen LogP contribution in [0.15, 0.2) is 36.4 Å². The molecule has 106 valence electrons. The van der Waals surface area contributed by atoms with Gasteiger partial charge in [0.05, 0.1) is 21.7 Å². The Kier molecular flexibility index (Phi) is 3.47. The largest absolute Gasteiger partial charge is 0.478 e. The lowest BCUT2D eigenvalue weighted by Gasteiger charge is -2.07. The van der Waals surface area contributed by atoms with E-state index in [0.717, 1.165) is 28.1 Å². The SMILES string of the molecule is CCc1ccc(-c2cc(C(=O)O)c3cccc(C)c3n2)s1. The Morgan fingerprint density at radius 2 is 2.10 bits per heavy atom. The number of benzene rings is 1. The number of hydrogen-bond acceptors (Lipinski definition) is 3. The van der Waals surface area contributed by atoms with Crippen LogP contribution in [0, 0.1) is 6.92 Å². The Morgan fingerprint density at radius 1 is 1.29 bits per heavy atom. The number of carbonyl (C=O) groups is 1. The molecule has 0 radical (unpaired) electrons. The molecule has 1 N–H and O–H groups in total. The molecule has 0 fully saturated rings. The van der Waals surface area contributed by atoms with E-state index < -0.39 is 5.97 Å². The summed E-state index contributed by atoms with van der Waals surface area (Å²) in [7, 11) is 0. The Bertz CT molecular complexity index is 836. The number of nitrogens with zero attached hydrogens (tertiary/aromatic N) is 1. The predicted octanol–water partition coefficient (Wildman–Crippen LogP) is 4.53. The minimum absolute atomic E-state index is 0.310. The third kappa shape index (κ3) is 2.43. The number of carboxylic acid groups (broad SMARTS) is 1. The second kappa shape index (κ2) is 5.30. The van der Waals surface area contributed by atoms with Gasteiger partial charge < -0.3 is 5.11 Å². The standard InChI is InChI=1S/C17H15NO2S/c1-3-11-7-8-15(21-11)14-9-13(17(19)20)12-6-4-5-10(2)16(12)18-14/h4-9H,3H2,1-2H3,(H,19,20). The number of pyridine rings is 1. The van der Waals surface area contributed by atoms with Crippen LogP contribution in [-0.4, -0.2) is 16.1 Å². The Hall–Kier alpha value is -2.20. The van der Waals surface area contributed by atoms with Crippen molar-refractivity contribution in [2.75, 3.05) is 0 Å². The second-order valence-corrected chi connectivity index (χ2v) is 6.12. The van der Waals surface area contributed by atoms with Gasteiger partial charge in [0, 0.05) is 10.3 Å². The summed E-state index contributed by atoms with van der Waals surface area (Å²) in [5, 5.41) is 10.2. The molecule has 0 saturated heterocycles. The number of para-hydroxylation sites is 1. The first-order valence-corrected chi connectivity index (χ1v) is 7.64. The van der Waals surface area contributed by atoms with E-state index in [-0.39, 0.29) is 0 Å². The summed E-state index contributed by atoms with van der Waals surface area (Å²) in [5.74, 6) is -0.915. The molecule has 0 spiro atoms. The van der Waals surface area contributed by atoms with Gasteiger partial charge in [-0.25, -0.2) is 9.78 Å².